The molecule has 3 amide bonds. The van der Waals surface area contributed by atoms with Crippen LogP contribution in [0.2, 0.25) is 5.02 Å². The first-order chi connectivity index (χ1) is 16.9. The lowest BCUT2D eigenvalue weighted by molar-refractivity contribution is -0.136. The zero-order chi connectivity index (χ0) is 24.9. The van der Waals surface area contributed by atoms with Gasteiger partial charge in [0.25, 0.3) is 11.1 Å². The van der Waals surface area contributed by atoms with Crippen LogP contribution in [0.3, 0.4) is 0 Å². The molecular weight excluding hydrogens is 495 g/mol. The molecule has 2 aromatic rings. The highest BCUT2D eigenvalue weighted by Crippen LogP contribution is 2.39. The van der Waals surface area contributed by atoms with Gasteiger partial charge in [0.2, 0.25) is 5.91 Å². The molecule has 2 aliphatic rings. The minimum absolute atomic E-state index is 0.152. The average Bonchev–Trinajstić information content (AvgIpc) is 3.11. The summed E-state index contributed by atoms with van der Waals surface area (Å²) in [4.78, 5) is 40.7. The molecule has 4 rings (SSSR count). The van der Waals surface area contributed by atoms with E-state index < -0.39 is 11.1 Å². The summed E-state index contributed by atoms with van der Waals surface area (Å²) in [5, 5.41) is -0.235. The van der Waals surface area contributed by atoms with Crippen molar-refractivity contribution in [2.75, 3.05) is 26.7 Å². The Labute approximate surface area is 211 Å². The molecule has 0 atom stereocenters. The predicted octanol–water partition coefficient (Wildman–Crippen LogP) is 5.12. The molecule has 0 aromatic heterocycles. The van der Waals surface area contributed by atoms with Crippen LogP contribution in [0.5, 0.6) is 11.5 Å². The Kier molecular flexibility index (Phi) is 7.97. The Balaban J connectivity index is 1.47. The average molecular weight is 519 g/mol. The van der Waals surface area contributed by atoms with Gasteiger partial charge in [-0.25, -0.2) is 4.39 Å². The number of likely N-dealkylation sites (tertiary alicyclic amines) is 1. The summed E-state index contributed by atoms with van der Waals surface area (Å²) in [6.07, 6.45) is 4.48. The first-order valence-electron chi connectivity index (χ1n) is 11.1. The molecule has 184 valence electrons. The van der Waals surface area contributed by atoms with Crippen molar-refractivity contribution in [1.82, 2.24) is 9.80 Å². The van der Waals surface area contributed by atoms with Crippen LogP contribution in [0.1, 0.15) is 30.4 Å². The van der Waals surface area contributed by atoms with Crippen LogP contribution in [-0.4, -0.2) is 53.6 Å². The van der Waals surface area contributed by atoms with Crippen molar-refractivity contribution in [3.8, 4) is 11.5 Å². The highest BCUT2D eigenvalue weighted by molar-refractivity contribution is 8.18. The number of imide groups is 1. The van der Waals surface area contributed by atoms with Crippen molar-refractivity contribution in [2.45, 2.75) is 25.9 Å². The summed E-state index contributed by atoms with van der Waals surface area (Å²) >= 11 is 7.20. The Morgan fingerprint density at radius 1 is 1.14 bits per heavy atom. The number of carbonyl (C=O) groups is 3. The fourth-order valence-electron chi connectivity index (χ4n) is 3.87. The fraction of sp³-hybridized carbons (Fsp3) is 0.320. The molecule has 2 heterocycles. The van der Waals surface area contributed by atoms with Gasteiger partial charge in [-0.15, -0.1) is 0 Å². The topological polar surface area (TPSA) is 76.2 Å². The van der Waals surface area contributed by atoms with Crippen LogP contribution in [0.4, 0.5) is 9.18 Å². The van der Waals surface area contributed by atoms with E-state index in [9.17, 15) is 18.8 Å². The molecule has 7 nitrogen and oxygen atoms in total. The van der Waals surface area contributed by atoms with E-state index in [1.165, 1.54) is 25.3 Å². The molecule has 0 unspecified atom stereocenters. The van der Waals surface area contributed by atoms with Crippen LogP contribution in [-0.2, 0) is 16.2 Å². The number of hydrogen-bond donors (Lipinski definition) is 0. The SMILES string of the molecule is COc1cc(/C=C2\SC(=O)N(CC(=O)N3CCCCC3)C2=O)cc(Cl)c1OCc1ccc(F)cc1. The number of halogens is 2. The van der Waals surface area contributed by atoms with Gasteiger partial charge in [0, 0.05) is 13.1 Å². The number of benzene rings is 2. The van der Waals surface area contributed by atoms with Gasteiger partial charge in [0.1, 0.15) is 19.0 Å². The van der Waals surface area contributed by atoms with Crippen molar-refractivity contribution in [2.24, 2.45) is 0 Å². The first kappa shape index (κ1) is 25.1. The number of ether oxygens (including phenoxy) is 2. The Hall–Kier alpha value is -3.04. The Bertz CT molecular complexity index is 1170. The van der Waals surface area contributed by atoms with Gasteiger partial charge < -0.3 is 14.4 Å². The van der Waals surface area contributed by atoms with Crippen LogP contribution >= 0.6 is 23.4 Å². The number of thioether (sulfide) groups is 1. The van der Waals surface area contributed by atoms with Crippen LogP contribution in [0, 0.1) is 5.82 Å². The predicted molar refractivity (Wildman–Crippen MR) is 132 cm³/mol. The summed E-state index contributed by atoms with van der Waals surface area (Å²) in [7, 11) is 1.46. The number of hydrogen-bond acceptors (Lipinski definition) is 6. The van der Waals surface area contributed by atoms with Crippen molar-refractivity contribution in [3.63, 3.8) is 0 Å². The van der Waals surface area contributed by atoms with Crippen molar-refractivity contribution in [3.05, 3.63) is 63.3 Å². The number of piperidine rings is 1. The minimum Gasteiger partial charge on any atom is -0.493 e. The third-order valence-corrected chi connectivity index (χ3v) is 6.91. The number of amides is 3. The molecule has 2 aliphatic heterocycles. The lowest BCUT2D eigenvalue weighted by Gasteiger charge is -2.27. The molecular formula is C25H24ClFN2O5S. The van der Waals surface area contributed by atoms with Crippen molar-refractivity contribution in [1.29, 1.82) is 0 Å². The van der Waals surface area contributed by atoms with Crippen molar-refractivity contribution >= 4 is 46.5 Å². The van der Waals surface area contributed by atoms with Gasteiger partial charge >= 0.3 is 0 Å². The maximum absolute atomic E-state index is 13.1. The second-order valence-electron chi connectivity index (χ2n) is 8.16. The van der Waals surface area contributed by atoms with Gasteiger partial charge in [-0.3, -0.25) is 19.3 Å². The van der Waals surface area contributed by atoms with Gasteiger partial charge in [-0.05, 0) is 72.5 Å². The van der Waals surface area contributed by atoms with Crippen LogP contribution in [0.15, 0.2) is 41.3 Å². The van der Waals surface area contributed by atoms with E-state index in [0.717, 1.165) is 41.5 Å². The van der Waals surface area contributed by atoms with Crippen LogP contribution in [0.25, 0.3) is 6.08 Å². The van der Waals surface area contributed by atoms with E-state index in [0.29, 0.717) is 30.2 Å². The van der Waals surface area contributed by atoms with Crippen LogP contribution < -0.4 is 9.47 Å². The molecule has 0 radical (unpaired) electrons. The molecule has 0 bridgehead atoms. The molecule has 2 fully saturated rings. The van der Waals surface area contributed by atoms with E-state index >= 15 is 0 Å². The van der Waals surface area contributed by atoms with E-state index in [1.807, 2.05) is 0 Å². The smallest absolute Gasteiger partial charge is 0.294 e. The van der Waals surface area contributed by atoms with Crippen molar-refractivity contribution < 1.29 is 28.2 Å². The molecule has 35 heavy (non-hydrogen) atoms. The molecule has 0 aliphatic carbocycles. The number of carbonyl (C=O) groups excluding carboxylic acids is 3. The summed E-state index contributed by atoms with van der Waals surface area (Å²) < 4.78 is 24.3. The molecule has 2 aromatic carbocycles. The number of nitrogens with zero attached hydrogens (tertiary/aromatic N) is 2. The maximum Gasteiger partial charge on any atom is 0.294 e. The second-order valence-corrected chi connectivity index (χ2v) is 9.56. The van der Waals surface area contributed by atoms with E-state index in [2.05, 4.69) is 0 Å². The van der Waals surface area contributed by atoms with Gasteiger partial charge in [-0.2, -0.15) is 0 Å². The van der Waals surface area contributed by atoms with E-state index in [1.54, 1.807) is 29.2 Å². The van der Waals surface area contributed by atoms with Gasteiger partial charge in [-0.1, -0.05) is 23.7 Å². The Morgan fingerprint density at radius 3 is 2.54 bits per heavy atom. The summed E-state index contributed by atoms with van der Waals surface area (Å²) in [5.74, 6) is -0.437. The summed E-state index contributed by atoms with van der Waals surface area (Å²) in [6, 6.07) is 9.13. The quantitative estimate of drug-likeness (QED) is 0.474. The third kappa shape index (κ3) is 5.97. The van der Waals surface area contributed by atoms with Gasteiger partial charge in [0.15, 0.2) is 11.5 Å². The minimum atomic E-state index is -0.517. The summed E-state index contributed by atoms with van der Waals surface area (Å²) in [5.41, 5.74) is 1.29. The van der Waals surface area contributed by atoms with Gasteiger partial charge in [0.05, 0.1) is 17.0 Å². The molecule has 10 heteroatoms. The fourth-order valence-corrected chi connectivity index (χ4v) is 4.98. The standard InChI is InChI=1S/C25H24ClFN2O5S/c1-33-20-12-17(11-19(26)23(20)34-15-16-5-7-18(27)8-6-16)13-21-24(31)29(25(32)35-21)14-22(30)28-9-3-2-4-10-28/h5-8,11-13H,2-4,9-10,14-15H2,1H3/b21-13-. The largest absolute Gasteiger partial charge is 0.493 e. The zero-order valence-corrected chi connectivity index (χ0v) is 20.7. The highest BCUT2D eigenvalue weighted by Gasteiger charge is 2.37. The molecule has 2 saturated heterocycles. The molecule has 0 saturated carbocycles. The van der Waals surface area contributed by atoms with E-state index in [4.69, 9.17) is 21.1 Å². The van der Waals surface area contributed by atoms with E-state index in [-0.39, 0.29) is 34.8 Å². The molecule has 0 N–H and O–H groups in total. The summed E-state index contributed by atoms with van der Waals surface area (Å²) in [6.45, 7) is 1.19. The zero-order valence-electron chi connectivity index (χ0n) is 19.1. The number of methoxy groups -OCH3 is 1. The maximum atomic E-state index is 13.1. The normalized spacial score (nSPS) is 17.3. The Morgan fingerprint density at radius 2 is 1.86 bits per heavy atom. The lowest BCUT2D eigenvalue weighted by Crippen LogP contribution is -2.44. The highest BCUT2D eigenvalue weighted by atomic mass is 35.5. The first-order valence-corrected chi connectivity index (χ1v) is 12.3. The number of rotatable bonds is 7. The monoisotopic (exact) mass is 518 g/mol. The third-order valence-electron chi connectivity index (χ3n) is 5.72. The second kappa shape index (κ2) is 11.1. The molecule has 0 spiro atoms. The lowest BCUT2D eigenvalue weighted by atomic mass is 10.1.